The first kappa shape index (κ1) is 24.5. The zero-order valence-corrected chi connectivity index (χ0v) is 21.8. The van der Waals surface area contributed by atoms with Gasteiger partial charge in [-0.15, -0.1) is 0 Å². The van der Waals surface area contributed by atoms with Crippen LogP contribution in [0.3, 0.4) is 0 Å². The zero-order chi connectivity index (χ0) is 24.4. The third-order valence-corrected chi connectivity index (χ3v) is 6.74. The summed E-state index contributed by atoms with van der Waals surface area (Å²) in [6, 6.07) is 16.5. The molecule has 6 nitrogen and oxygen atoms in total. The highest BCUT2D eigenvalue weighted by atomic mass is 79.9. The molecule has 4 rings (SSSR count). The molecule has 0 atom stereocenters. The van der Waals surface area contributed by atoms with Gasteiger partial charge in [-0.1, -0.05) is 53.5 Å². The van der Waals surface area contributed by atoms with Crippen LogP contribution in [-0.4, -0.2) is 17.8 Å². The second kappa shape index (κ2) is 10.3. The number of amides is 4. The van der Waals surface area contributed by atoms with Crippen LogP contribution in [0.5, 0.6) is 5.75 Å². The number of rotatable bonds is 5. The van der Waals surface area contributed by atoms with E-state index in [1.807, 2.05) is 30.3 Å². The van der Waals surface area contributed by atoms with Crippen molar-refractivity contribution in [2.75, 3.05) is 4.90 Å². The Kier molecular flexibility index (Phi) is 7.42. The van der Waals surface area contributed by atoms with Crippen LogP contribution in [0.4, 0.5) is 10.5 Å². The maximum absolute atomic E-state index is 13.1. The average molecular weight is 625 g/mol. The molecule has 0 bridgehead atoms. The number of anilines is 1. The Balaban J connectivity index is 1.63. The smallest absolute Gasteiger partial charge is 0.335 e. The Hall–Kier alpha value is -2.65. The Morgan fingerprint density at radius 2 is 1.59 bits per heavy atom. The minimum atomic E-state index is -0.877. The SMILES string of the molecule is O=C1NC(=O)N(c2ccc(Cl)c(Cl)c2)C(=O)/C1=C/c1cc(Br)c(OCc2ccccc2)c(Br)c1. The highest BCUT2D eigenvalue weighted by molar-refractivity contribution is 9.11. The third-order valence-electron chi connectivity index (χ3n) is 4.82. The Bertz CT molecular complexity index is 1320. The molecule has 0 spiro atoms. The molecule has 3 aromatic rings. The lowest BCUT2D eigenvalue weighted by atomic mass is 10.1. The normalized spacial score (nSPS) is 15.0. The van der Waals surface area contributed by atoms with Crippen molar-refractivity contribution in [3.63, 3.8) is 0 Å². The fourth-order valence-corrected chi connectivity index (χ4v) is 4.96. The Morgan fingerprint density at radius 3 is 2.24 bits per heavy atom. The van der Waals surface area contributed by atoms with Gasteiger partial charge in [-0.05, 0) is 79.4 Å². The highest BCUT2D eigenvalue weighted by Gasteiger charge is 2.37. The van der Waals surface area contributed by atoms with Gasteiger partial charge < -0.3 is 4.74 Å². The number of urea groups is 1. The molecular formula is C24H14Br2Cl2N2O4. The van der Waals surface area contributed by atoms with Gasteiger partial charge in [0.1, 0.15) is 17.9 Å². The summed E-state index contributed by atoms with van der Waals surface area (Å²) in [6.45, 7) is 0.361. The van der Waals surface area contributed by atoms with Gasteiger partial charge >= 0.3 is 6.03 Å². The first-order chi connectivity index (χ1) is 16.2. The molecule has 1 heterocycles. The lowest BCUT2D eigenvalue weighted by molar-refractivity contribution is -0.122. The summed E-state index contributed by atoms with van der Waals surface area (Å²) in [5.74, 6) is -1.02. The maximum atomic E-state index is 13.1. The van der Waals surface area contributed by atoms with Crippen molar-refractivity contribution >= 4 is 84.7 Å². The summed E-state index contributed by atoms with van der Waals surface area (Å²) in [7, 11) is 0. The number of barbiturate groups is 1. The van der Waals surface area contributed by atoms with Gasteiger partial charge in [0, 0.05) is 0 Å². The first-order valence-corrected chi connectivity index (χ1v) is 12.1. The second-order valence-corrected chi connectivity index (χ2v) is 9.67. The van der Waals surface area contributed by atoms with E-state index in [4.69, 9.17) is 27.9 Å². The Labute approximate surface area is 221 Å². The minimum Gasteiger partial charge on any atom is -0.487 e. The van der Waals surface area contributed by atoms with Crippen LogP contribution >= 0.6 is 55.1 Å². The van der Waals surface area contributed by atoms with E-state index >= 15 is 0 Å². The zero-order valence-electron chi connectivity index (χ0n) is 17.2. The monoisotopic (exact) mass is 622 g/mol. The van der Waals surface area contributed by atoms with Crippen molar-refractivity contribution in [2.45, 2.75) is 6.61 Å². The fourth-order valence-electron chi connectivity index (χ4n) is 3.21. The molecule has 1 fully saturated rings. The van der Waals surface area contributed by atoms with Crippen molar-refractivity contribution in [1.29, 1.82) is 0 Å². The highest BCUT2D eigenvalue weighted by Crippen LogP contribution is 2.36. The number of nitrogens with one attached hydrogen (secondary N) is 1. The van der Waals surface area contributed by atoms with Crippen molar-refractivity contribution in [3.05, 3.63) is 96.4 Å². The topological polar surface area (TPSA) is 75.7 Å². The van der Waals surface area contributed by atoms with E-state index < -0.39 is 17.8 Å². The summed E-state index contributed by atoms with van der Waals surface area (Å²) in [5, 5.41) is 2.61. The summed E-state index contributed by atoms with van der Waals surface area (Å²) >= 11 is 18.9. The third kappa shape index (κ3) is 5.20. The van der Waals surface area contributed by atoms with Crippen LogP contribution in [0.15, 0.2) is 75.2 Å². The molecule has 1 aliphatic heterocycles. The predicted molar refractivity (Wildman–Crippen MR) is 138 cm³/mol. The maximum Gasteiger partial charge on any atom is 0.335 e. The molecular weight excluding hydrogens is 611 g/mol. The van der Waals surface area contributed by atoms with Crippen molar-refractivity contribution in [2.24, 2.45) is 0 Å². The molecule has 172 valence electrons. The summed E-state index contributed by atoms with van der Waals surface area (Å²) in [4.78, 5) is 38.8. The molecule has 4 amide bonds. The van der Waals surface area contributed by atoms with Crippen molar-refractivity contribution in [1.82, 2.24) is 5.32 Å². The van der Waals surface area contributed by atoms with Crippen LogP contribution in [0.25, 0.3) is 6.08 Å². The van der Waals surface area contributed by atoms with E-state index in [-0.39, 0.29) is 21.3 Å². The van der Waals surface area contributed by atoms with E-state index in [9.17, 15) is 14.4 Å². The number of halogens is 4. The van der Waals surface area contributed by atoms with Gasteiger partial charge in [0.15, 0.2) is 0 Å². The largest absolute Gasteiger partial charge is 0.487 e. The van der Waals surface area contributed by atoms with Crippen LogP contribution in [-0.2, 0) is 16.2 Å². The molecule has 0 saturated carbocycles. The molecule has 0 aromatic heterocycles. The summed E-state index contributed by atoms with van der Waals surface area (Å²) in [5.41, 5.74) is 1.50. The molecule has 0 aliphatic carbocycles. The van der Waals surface area contributed by atoms with Gasteiger partial charge in [-0.2, -0.15) is 0 Å². The van der Waals surface area contributed by atoms with Gasteiger partial charge in [0.2, 0.25) is 0 Å². The van der Waals surface area contributed by atoms with Gasteiger partial charge in [-0.3, -0.25) is 14.9 Å². The number of nitrogens with zero attached hydrogens (tertiary/aromatic N) is 1. The van der Waals surface area contributed by atoms with Gasteiger partial charge in [0.25, 0.3) is 11.8 Å². The number of imide groups is 2. The predicted octanol–water partition coefficient (Wildman–Crippen LogP) is 6.76. The van der Waals surface area contributed by atoms with Crippen LogP contribution in [0.2, 0.25) is 10.0 Å². The molecule has 1 N–H and O–H groups in total. The quantitative estimate of drug-likeness (QED) is 0.251. The van der Waals surface area contributed by atoms with Gasteiger partial charge in [-0.25, -0.2) is 9.69 Å². The fraction of sp³-hybridized carbons (Fsp3) is 0.0417. The number of benzene rings is 3. The van der Waals surface area contributed by atoms with E-state index in [0.29, 0.717) is 26.9 Å². The number of carbonyl (C=O) groups is 3. The molecule has 1 aliphatic rings. The Morgan fingerprint density at radius 1 is 0.912 bits per heavy atom. The van der Waals surface area contributed by atoms with Crippen molar-refractivity contribution < 1.29 is 19.1 Å². The number of hydrogen-bond acceptors (Lipinski definition) is 4. The van der Waals surface area contributed by atoms with Crippen LogP contribution in [0.1, 0.15) is 11.1 Å². The van der Waals surface area contributed by atoms with Crippen LogP contribution < -0.4 is 15.0 Å². The second-order valence-electron chi connectivity index (χ2n) is 7.14. The molecule has 1 saturated heterocycles. The molecule has 34 heavy (non-hydrogen) atoms. The minimum absolute atomic E-state index is 0.168. The first-order valence-electron chi connectivity index (χ1n) is 9.77. The van der Waals surface area contributed by atoms with E-state index in [1.54, 1.807) is 12.1 Å². The number of ether oxygens (including phenoxy) is 1. The number of carbonyl (C=O) groups excluding carboxylic acids is 3. The molecule has 3 aromatic carbocycles. The van der Waals surface area contributed by atoms with E-state index in [1.165, 1.54) is 24.3 Å². The number of hydrogen-bond donors (Lipinski definition) is 1. The molecule has 10 heteroatoms. The van der Waals surface area contributed by atoms with Crippen LogP contribution in [0, 0.1) is 0 Å². The summed E-state index contributed by atoms with van der Waals surface area (Å²) < 4.78 is 7.15. The van der Waals surface area contributed by atoms with E-state index in [0.717, 1.165) is 10.5 Å². The molecule has 0 unspecified atom stereocenters. The van der Waals surface area contributed by atoms with E-state index in [2.05, 4.69) is 37.2 Å². The average Bonchev–Trinajstić information content (AvgIpc) is 2.79. The standard InChI is InChI=1S/C24H14Br2Cl2N2O4/c25-17-9-14(10-18(26)21(17)34-12-13-4-2-1-3-5-13)8-16-22(31)29-24(33)30(23(16)32)15-6-7-19(27)20(28)11-15/h1-11H,12H2,(H,29,31,33)/b16-8+. The molecule has 0 radical (unpaired) electrons. The lowest BCUT2D eigenvalue weighted by Crippen LogP contribution is -2.54. The summed E-state index contributed by atoms with van der Waals surface area (Å²) in [6.07, 6.45) is 1.39. The lowest BCUT2D eigenvalue weighted by Gasteiger charge is -2.26. The van der Waals surface area contributed by atoms with Crippen molar-refractivity contribution in [3.8, 4) is 5.75 Å². The van der Waals surface area contributed by atoms with Gasteiger partial charge in [0.05, 0.1) is 24.7 Å².